The van der Waals surface area contributed by atoms with Gasteiger partial charge in [0.15, 0.2) is 0 Å². The van der Waals surface area contributed by atoms with Crippen LogP contribution in [0.25, 0.3) is 5.69 Å². The number of nitrogens with zero attached hydrogens (tertiary/aromatic N) is 4. The fourth-order valence-corrected chi connectivity index (χ4v) is 5.58. The molecule has 2 aromatic heterocycles. The zero-order chi connectivity index (χ0) is 22.6. The number of hydrogen-bond donors (Lipinski definition) is 1. The summed E-state index contributed by atoms with van der Waals surface area (Å²) in [4.78, 5) is 14.7. The lowest BCUT2D eigenvalue weighted by Gasteiger charge is -2.41. The van der Waals surface area contributed by atoms with Gasteiger partial charge in [0, 0.05) is 31.8 Å². The monoisotopic (exact) mass is 449 g/mol. The first-order chi connectivity index (χ1) is 16.0. The molecule has 2 spiro atoms. The van der Waals surface area contributed by atoms with Crippen molar-refractivity contribution in [3.8, 4) is 11.4 Å². The van der Waals surface area contributed by atoms with Crippen molar-refractivity contribution in [3.63, 3.8) is 0 Å². The van der Waals surface area contributed by atoms with Gasteiger partial charge in [0.25, 0.3) is 0 Å². The topological polar surface area (TPSA) is 94.7 Å². The first-order valence-electron chi connectivity index (χ1n) is 11.4. The van der Waals surface area contributed by atoms with Crippen molar-refractivity contribution < 1.29 is 18.9 Å². The van der Waals surface area contributed by atoms with Crippen LogP contribution in [-0.4, -0.2) is 58.1 Å². The van der Waals surface area contributed by atoms with Crippen LogP contribution >= 0.6 is 0 Å². The number of amides is 1. The average molecular weight is 450 g/mol. The van der Waals surface area contributed by atoms with E-state index in [2.05, 4.69) is 44.6 Å². The number of benzene rings is 1. The number of carbonyl (C=O) groups excluding carboxylic acids is 1. The van der Waals surface area contributed by atoms with Crippen LogP contribution < -0.4 is 10.1 Å². The van der Waals surface area contributed by atoms with Gasteiger partial charge in [-0.2, -0.15) is 0 Å². The van der Waals surface area contributed by atoms with Crippen LogP contribution in [0.1, 0.15) is 36.3 Å². The van der Waals surface area contributed by atoms with Gasteiger partial charge in [-0.25, -0.2) is 4.63 Å². The van der Waals surface area contributed by atoms with Crippen LogP contribution in [0.2, 0.25) is 0 Å². The number of likely N-dealkylation sites (tertiary alicyclic amines) is 1. The number of aromatic nitrogens is 3. The van der Waals surface area contributed by atoms with E-state index in [0.29, 0.717) is 31.1 Å². The van der Waals surface area contributed by atoms with E-state index in [0.717, 1.165) is 36.4 Å². The number of fused-ring (bicyclic) bond motifs is 4. The maximum Gasteiger partial charge on any atom is 0.228 e. The summed E-state index contributed by atoms with van der Waals surface area (Å²) in [6, 6.07) is 10.4. The largest absolute Gasteiger partial charge is 0.497 e. The first kappa shape index (κ1) is 20.3. The molecule has 9 heteroatoms. The Morgan fingerprint density at radius 3 is 2.85 bits per heavy atom. The molecule has 172 valence electrons. The lowest BCUT2D eigenvalue weighted by Crippen LogP contribution is -2.48. The number of piperidine rings is 1. The van der Waals surface area contributed by atoms with Gasteiger partial charge in [-0.15, -0.1) is 0 Å². The van der Waals surface area contributed by atoms with Crippen LogP contribution in [0.5, 0.6) is 5.75 Å². The van der Waals surface area contributed by atoms with E-state index in [1.54, 1.807) is 14.0 Å². The Kier molecular flexibility index (Phi) is 4.52. The molecule has 0 radical (unpaired) electrons. The number of methoxy groups -OCH3 is 1. The molecule has 9 nitrogen and oxygen atoms in total. The van der Waals surface area contributed by atoms with Crippen molar-refractivity contribution in [2.45, 2.75) is 43.7 Å². The molecule has 3 aromatic rings. The Hall–Kier alpha value is -3.33. The minimum absolute atomic E-state index is 0.0575. The number of ether oxygens (including phenoxy) is 2. The lowest BCUT2D eigenvalue weighted by atomic mass is 9.79. The van der Waals surface area contributed by atoms with E-state index in [4.69, 9.17) is 14.1 Å². The maximum atomic E-state index is 12.8. The Bertz CT molecular complexity index is 1210. The number of anilines is 1. The molecule has 1 atom stereocenters. The summed E-state index contributed by atoms with van der Waals surface area (Å²) in [6.45, 7) is 3.73. The molecule has 0 unspecified atom stereocenters. The van der Waals surface area contributed by atoms with Gasteiger partial charge in [0.05, 0.1) is 42.8 Å². The van der Waals surface area contributed by atoms with Crippen molar-refractivity contribution in [1.29, 1.82) is 0 Å². The molecule has 1 N–H and O–H groups in total. The minimum Gasteiger partial charge on any atom is -0.497 e. The van der Waals surface area contributed by atoms with Crippen molar-refractivity contribution in [1.82, 2.24) is 19.8 Å². The third-order valence-electron chi connectivity index (χ3n) is 7.42. The SMILES string of the molecule is COc1ccc2c(c1)N[C@]1(COC3(CCN(C(=O)Cc4nonc4C)CC3)C1)c1cccn1-2. The number of hydrogen-bond acceptors (Lipinski definition) is 7. The summed E-state index contributed by atoms with van der Waals surface area (Å²) in [5.74, 6) is 0.882. The lowest BCUT2D eigenvalue weighted by molar-refractivity contribution is -0.135. The second-order valence-corrected chi connectivity index (χ2v) is 9.36. The van der Waals surface area contributed by atoms with E-state index in [9.17, 15) is 4.79 Å². The van der Waals surface area contributed by atoms with Crippen LogP contribution in [0.4, 0.5) is 5.69 Å². The van der Waals surface area contributed by atoms with Crippen molar-refractivity contribution in [2.75, 3.05) is 32.1 Å². The van der Waals surface area contributed by atoms with Crippen LogP contribution in [0, 0.1) is 6.92 Å². The van der Waals surface area contributed by atoms with Crippen molar-refractivity contribution in [2.24, 2.45) is 0 Å². The smallest absolute Gasteiger partial charge is 0.228 e. The standard InChI is InChI=1S/C24H27N5O4/c1-16-18(27-33-26-16)13-22(30)28-10-7-23(8-11-28)14-24(15-32-23)21-4-3-9-29(21)20-6-5-17(31-2)12-19(20)25-24/h3-6,9,12,25H,7-8,10-11,13-15H2,1-2H3/t24-/m1/s1. The van der Waals surface area contributed by atoms with Gasteiger partial charge in [-0.3, -0.25) is 4.79 Å². The summed E-state index contributed by atoms with van der Waals surface area (Å²) in [5, 5.41) is 11.4. The number of aryl methyl sites for hydroxylation is 1. The molecule has 33 heavy (non-hydrogen) atoms. The number of carbonyl (C=O) groups is 1. The molecular weight excluding hydrogens is 422 g/mol. The van der Waals surface area contributed by atoms with Crippen molar-refractivity contribution in [3.05, 3.63) is 53.6 Å². The third kappa shape index (κ3) is 3.21. The minimum atomic E-state index is -0.307. The molecule has 0 bridgehead atoms. The molecule has 2 saturated heterocycles. The van der Waals surface area contributed by atoms with Gasteiger partial charge >= 0.3 is 0 Å². The number of nitrogens with one attached hydrogen (secondary N) is 1. The highest BCUT2D eigenvalue weighted by Gasteiger charge is 2.54. The Labute approximate surface area is 191 Å². The molecule has 1 aromatic carbocycles. The maximum absolute atomic E-state index is 12.8. The molecule has 3 aliphatic rings. The van der Waals surface area contributed by atoms with E-state index < -0.39 is 0 Å². The van der Waals surface area contributed by atoms with Gasteiger partial charge in [-0.05, 0) is 44.0 Å². The molecule has 0 saturated carbocycles. The summed E-state index contributed by atoms with van der Waals surface area (Å²) < 4.78 is 19.0. The van der Waals surface area contributed by atoms with E-state index >= 15 is 0 Å². The number of rotatable bonds is 3. The molecule has 5 heterocycles. The predicted molar refractivity (Wildman–Crippen MR) is 119 cm³/mol. The molecule has 1 amide bonds. The second-order valence-electron chi connectivity index (χ2n) is 9.36. The summed E-state index contributed by atoms with van der Waals surface area (Å²) in [7, 11) is 1.69. The quantitative estimate of drug-likeness (QED) is 0.657. The fraction of sp³-hybridized carbons (Fsp3) is 0.458. The highest BCUT2D eigenvalue weighted by Crippen LogP contribution is 2.50. The van der Waals surface area contributed by atoms with E-state index in [1.807, 2.05) is 17.0 Å². The van der Waals surface area contributed by atoms with Gasteiger partial charge in [-0.1, -0.05) is 10.3 Å². The normalized spacial score (nSPS) is 22.8. The molecule has 2 fully saturated rings. The van der Waals surface area contributed by atoms with Gasteiger partial charge < -0.3 is 24.3 Å². The van der Waals surface area contributed by atoms with Crippen LogP contribution in [0.15, 0.2) is 41.2 Å². The summed E-state index contributed by atoms with van der Waals surface area (Å²) >= 11 is 0. The second kappa shape index (κ2) is 7.34. The molecule has 0 aliphatic carbocycles. The highest BCUT2D eigenvalue weighted by molar-refractivity contribution is 5.78. The Morgan fingerprint density at radius 2 is 2.09 bits per heavy atom. The van der Waals surface area contributed by atoms with Crippen LogP contribution in [-0.2, 0) is 21.5 Å². The third-order valence-corrected chi connectivity index (χ3v) is 7.42. The van der Waals surface area contributed by atoms with Gasteiger partial charge in [0.2, 0.25) is 5.91 Å². The predicted octanol–water partition coefficient (Wildman–Crippen LogP) is 2.82. The summed E-state index contributed by atoms with van der Waals surface area (Å²) in [5.41, 5.74) is 4.09. The zero-order valence-electron chi connectivity index (χ0n) is 18.8. The zero-order valence-corrected chi connectivity index (χ0v) is 18.8. The highest BCUT2D eigenvalue weighted by atomic mass is 16.6. The van der Waals surface area contributed by atoms with E-state index in [1.165, 1.54) is 5.69 Å². The first-order valence-corrected chi connectivity index (χ1v) is 11.4. The fourth-order valence-electron chi connectivity index (χ4n) is 5.58. The van der Waals surface area contributed by atoms with Gasteiger partial charge in [0.1, 0.15) is 22.7 Å². The molecular formula is C24H27N5O4. The van der Waals surface area contributed by atoms with E-state index in [-0.39, 0.29) is 23.5 Å². The summed E-state index contributed by atoms with van der Waals surface area (Å²) in [6.07, 6.45) is 4.81. The Balaban J connectivity index is 1.20. The average Bonchev–Trinajstić information content (AvgIpc) is 3.55. The molecule has 3 aliphatic heterocycles. The van der Waals surface area contributed by atoms with Crippen LogP contribution in [0.3, 0.4) is 0 Å². The Morgan fingerprint density at radius 1 is 1.24 bits per heavy atom. The molecule has 6 rings (SSSR count). The van der Waals surface area contributed by atoms with Crippen molar-refractivity contribution >= 4 is 11.6 Å².